The Hall–Kier alpha value is -1.94. The van der Waals surface area contributed by atoms with E-state index in [0.717, 1.165) is 120 Å². The summed E-state index contributed by atoms with van der Waals surface area (Å²) in [5.74, 6) is 0.901. The summed E-state index contributed by atoms with van der Waals surface area (Å²) < 4.78 is 68.5. The first kappa shape index (κ1) is 92.1. The minimum Gasteiger partial charge on any atom is -0.462 e. The third-order valence-electron chi connectivity index (χ3n) is 17.7. The van der Waals surface area contributed by atoms with Gasteiger partial charge in [-0.15, -0.1) is 0 Å². The first-order chi connectivity index (χ1) is 45.1. The van der Waals surface area contributed by atoms with E-state index in [2.05, 4.69) is 55.4 Å². The molecule has 0 bridgehead atoms. The first-order valence-corrected chi connectivity index (χ1v) is 41.7. The van der Waals surface area contributed by atoms with Crippen LogP contribution < -0.4 is 0 Å². The van der Waals surface area contributed by atoms with Crippen LogP contribution >= 0.6 is 15.6 Å². The molecular formula is C75H146O17P2. The maximum Gasteiger partial charge on any atom is 0.472 e. The largest absolute Gasteiger partial charge is 0.472 e. The first-order valence-electron chi connectivity index (χ1n) is 38.7. The molecule has 0 aromatic carbocycles. The molecule has 19 heteroatoms. The second kappa shape index (κ2) is 64.4. The monoisotopic (exact) mass is 1380 g/mol. The van der Waals surface area contributed by atoms with Crippen molar-refractivity contribution in [2.75, 3.05) is 39.6 Å². The van der Waals surface area contributed by atoms with Crippen molar-refractivity contribution in [1.82, 2.24) is 0 Å². The van der Waals surface area contributed by atoms with Crippen molar-refractivity contribution in [1.29, 1.82) is 0 Å². The molecule has 0 saturated carbocycles. The number of rotatable bonds is 72. The molecule has 94 heavy (non-hydrogen) atoms. The highest BCUT2D eigenvalue weighted by Crippen LogP contribution is 2.45. The van der Waals surface area contributed by atoms with E-state index < -0.39 is 97.5 Å². The van der Waals surface area contributed by atoms with E-state index in [-0.39, 0.29) is 25.7 Å². The number of aliphatic hydroxyl groups excluding tert-OH is 1. The molecule has 0 heterocycles. The summed E-state index contributed by atoms with van der Waals surface area (Å²) in [5.41, 5.74) is 0. The minimum atomic E-state index is -4.96. The molecule has 3 unspecified atom stereocenters. The molecular weight excluding hydrogens is 1230 g/mol. The topological polar surface area (TPSA) is 237 Å². The quantitative estimate of drug-likeness (QED) is 0.0222. The van der Waals surface area contributed by atoms with Gasteiger partial charge in [0.15, 0.2) is 12.2 Å². The highest BCUT2D eigenvalue weighted by molar-refractivity contribution is 7.47. The highest BCUT2D eigenvalue weighted by atomic mass is 31.2. The number of phosphoric ester groups is 2. The molecule has 0 radical (unpaired) electrons. The number of esters is 4. The molecule has 0 aliphatic heterocycles. The maximum absolute atomic E-state index is 13.1. The maximum atomic E-state index is 13.1. The smallest absolute Gasteiger partial charge is 0.462 e. The van der Waals surface area contributed by atoms with Crippen molar-refractivity contribution >= 4 is 39.5 Å². The number of hydrogen-bond acceptors (Lipinski definition) is 15. The van der Waals surface area contributed by atoms with E-state index >= 15 is 0 Å². The molecule has 0 aliphatic carbocycles. The molecule has 0 amide bonds. The van der Waals surface area contributed by atoms with Crippen LogP contribution in [-0.4, -0.2) is 96.7 Å². The van der Waals surface area contributed by atoms with Gasteiger partial charge in [0.2, 0.25) is 0 Å². The van der Waals surface area contributed by atoms with E-state index in [4.69, 9.17) is 37.0 Å². The predicted molar refractivity (Wildman–Crippen MR) is 381 cm³/mol. The summed E-state index contributed by atoms with van der Waals surface area (Å²) in [4.78, 5) is 72.7. The molecule has 3 N–H and O–H groups in total. The van der Waals surface area contributed by atoms with Gasteiger partial charge in [-0.25, -0.2) is 9.13 Å². The van der Waals surface area contributed by atoms with Crippen molar-refractivity contribution < 1.29 is 80.2 Å². The van der Waals surface area contributed by atoms with Crippen LogP contribution in [0.2, 0.25) is 0 Å². The Balaban J connectivity index is 5.22. The third kappa shape index (κ3) is 67.3. The van der Waals surface area contributed by atoms with E-state index in [1.165, 1.54) is 167 Å². The summed E-state index contributed by atoms with van der Waals surface area (Å²) in [6.07, 6.45) is 48.7. The zero-order valence-corrected chi connectivity index (χ0v) is 63.4. The normalized spacial score (nSPS) is 14.4. The van der Waals surface area contributed by atoms with Crippen LogP contribution in [-0.2, 0) is 65.4 Å². The molecule has 6 atom stereocenters. The summed E-state index contributed by atoms with van der Waals surface area (Å²) in [5, 5.41) is 10.6. The van der Waals surface area contributed by atoms with Crippen LogP contribution in [0.3, 0.4) is 0 Å². The van der Waals surface area contributed by atoms with Gasteiger partial charge in [0.1, 0.15) is 19.3 Å². The molecule has 17 nitrogen and oxygen atoms in total. The Kier molecular flexibility index (Phi) is 63.1. The summed E-state index contributed by atoms with van der Waals surface area (Å²) in [7, 11) is -9.91. The molecule has 0 aromatic rings. The zero-order chi connectivity index (χ0) is 69.6. The molecule has 0 spiro atoms. The van der Waals surface area contributed by atoms with Crippen LogP contribution in [0.15, 0.2) is 0 Å². The van der Waals surface area contributed by atoms with Crippen LogP contribution in [0.4, 0.5) is 0 Å². The fraction of sp³-hybridized carbons (Fsp3) is 0.947. The molecule has 558 valence electrons. The lowest BCUT2D eigenvalue weighted by atomic mass is 10.00. The number of carbonyl (C=O) groups is 4. The van der Waals surface area contributed by atoms with Gasteiger partial charge in [-0.3, -0.25) is 37.3 Å². The second-order valence-corrected chi connectivity index (χ2v) is 31.6. The zero-order valence-electron chi connectivity index (χ0n) is 61.6. The summed E-state index contributed by atoms with van der Waals surface area (Å²) in [6.45, 7) is 14.1. The fourth-order valence-electron chi connectivity index (χ4n) is 11.3. The van der Waals surface area contributed by atoms with E-state index in [0.29, 0.717) is 31.6 Å². The number of unbranched alkanes of at least 4 members (excludes halogenated alkanes) is 37. The number of ether oxygens (including phenoxy) is 4. The number of hydrogen-bond donors (Lipinski definition) is 3. The number of phosphoric acid groups is 2. The Morgan fingerprint density at radius 3 is 0.755 bits per heavy atom. The molecule has 0 aromatic heterocycles. The molecule has 0 aliphatic rings. The van der Waals surface area contributed by atoms with Gasteiger partial charge in [0.05, 0.1) is 26.4 Å². The van der Waals surface area contributed by atoms with Crippen LogP contribution in [0.1, 0.15) is 376 Å². The van der Waals surface area contributed by atoms with Gasteiger partial charge in [-0.2, -0.15) is 0 Å². The average Bonchev–Trinajstić information content (AvgIpc) is 1.76. The Morgan fingerprint density at radius 1 is 0.298 bits per heavy atom. The highest BCUT2D eigenvalue weighted by Gasteiger charge is 2.30. The Bertz CT molecular complexity index is 1850. The third-order valence-corrected chi connectivity index (χ3v) is 19.6. The van der Waals surface area contributed by atoms with Crippen molar-refractivity contribution in [3.05, 3.63) is 0 Å². The summed E-state index contributed by atoms with van der Waals surface area (Å²) in [6, 6.07) is 0. The lowest BCUT2D eigenvalue weighted by Gasteiger charge is -2.21. The lowest BCUT2D eigenvalue weighted by Crippen LogP contribution is -2.30. The lowest BCUT2D eigenvalue weighted by molar-refractivity contribution is -0.161. The molecule has 0 saturated heterocycles. The van der Waals surface area contributed by atoms with Gasteiger partial charge in [0.25, 0.3) is 0 Å². The van der Waals surface area contributed by atoms with Crippen LogP contribution in [0.5, 0.6) is 0 Å². The standard InChI is InChI=1S/C75H146O17P2/c1-9-68(8)54-46-38-33-34-40-48-56-73(78)86-62-71(92-75(80)58-50-42-31-25-21-17-13-15-19-23-28-36-44-52-66(4)5)64-90-94(83,84)88-60-69(76)59-87-93(81,82)89-63-70(61-85-72(77)55-47-39-32-26-29-37-45-53-67(6)7)91-74(79)57-49-41-30-24-20-16-12-10-11-14-18-22-27-35-43-51-65(2)3/h65-71,76H,9-64H2,1-8H3,(H,81,82)(H,83,84)/t68?,69-,70-,71-/m1/s1. The van der Waals surface area contributed by atoms with Gasteiger partial charge in [0, 0.05) is 25.7 Å². The Morgan fingerprint density at radius 2 is 0.511 bits per heavy atom. The van der Waals surface area contributed by atoms with E-state index in [1.807, 2.05) is 0 Å². The second-order valence-electron chi connectivity index (χ2n) is 28.7. The molecule has 0 fully saturated rings. The van der Waals surface area contributed by atoms with Crippen molar-refractivity contribution in [3.8, 4) is 0 Å². The SMILES string of the molecule is CCC(C)CCCCCCCCC(=O)OC[C@H](COP(=O)(O)OC[C@H](O)COP(=O)(O)OC[C@@H](COC(=O)CCCCCCCCCC(C)C)OC(=O)CCCCCCCCCCCCCCCCCC(C)C)OC(=O)CCCCCCCCCCCCCCCC(C)C. The van der Waals surface area contributed by atoms with Gasteiger partial charge >= 0.3 is 39.5 Å². The minimum absolute atomic E-state index is 0.106. The van der Waals surface area contributed by atoms with E-state index in [1.54, 1.807) is 0 Å². The van der Waals surface area contributed by atoms with Crippen molar-refractivity contribution in [3.63, 3.8) is 0 Å². The van der Waals surface area contributed by atoms with Gasteiger partial charge < -0.3 is 33.8 Å². The van der Waals surface area contributed by atoms with Gasteiger partial charge in [-0.05, 0) is 49.4 Å². The van der Waals surface area contributed by atoms with Gasteiger partial charge in [-0.1, -0.05) is 325 Å². The summed E-state index contributed by atoms with van der Waals surface area (Å²) >= 11 is 0. The van der Waals surface area contributed by atoms with Crippen LogP contribution in [0, 0.1) is 23.7 Å². The number of carbonyl (C=O) groups excluding carboxylic acids is 4. The fourth-order valence-corrected chi connectivity index (χ4v) is 12.9. The van der Waals surface area contributed by atoms with Crippen molar-refractivity contribution in [2.45, 2.75) is 395 Å². The predicted octanol–water partition coefficient (Wildman–Crippen LogP) is 21.7. The Labute approximate surface area is 575 Å². The van der Waals surface area contributed by atoms with Crippen LogP contribution in [0.25, 0.3) is 0 Å². The molecule has 0 rings (SSSR count). The number of aliphatic hydroxyl groups is 1. The van der Waals surface area contributed by atoms with Crippen molar-refractivity contribution in [2.24, 2.45) is 23.7 Å². The van der Waals surface area contributed by atoms with E-state index in [9.17, 15) is 43.2 Å². The average molecular weight is 1380 g/mol.